The lowest BCUT2D eigenvalue weighted by molar-refractivity contribution is -0.0385. The molecule has 1 N–H and O–H groups in total. The molecule has 0 aliphatic carbocycles. The van der Waals surface area contributed by atoms with Crippen molar-refractivity contribution in [3.63, 3.8) is 0 Å². The van der Waals surface area contributed by atoms with Crippen molar-refractivity contribution in [1.29, 1.82) is 0 Å². The van der Waals surface area contributed by atoms with E-state index in [2.05, 4.69) is 0 Å². The molecule has 1 aromatic rings. The number of halogens is 3. The van der Waals surface area contributed by atoms with Crippen molar-refractivity contribution in [3.8, 4) is 5.75 Å². The second-order valence-electron chi connectivity index (χ2n) is 2.69. The van der Waals surface area contributed by atoms with E-state index in [9.17, 15) is 17.4 Å². The van der Waals surface area contributed by atoms with Gasteiger partial charge in [0.25, 0.3) is 0 Å². The maximum atomic E-state index is 12.0. The number of aryl methyl sites for hydroxylation is 1. The van der Waals surface area contributed by atoms with Crippen LogP contribution in [0.2, 0.25) is 0 Å². The molecule has 0 heterocycles. The van der Waals surface area contributed by atoms with Crippen LogP contribution < -0.4 is 0 Å². The van der Waals surface area contributed by atoms with Crippen LogP contribution in [0.25, 0.3) is 0 Å². The Morgan fingerprint density at radius 2 is 1.93 bits per heavy atom. The van der Waals surface area contributed by atoms with Crippen LogP contribution in [0.5, 0.6) is 5.75 Å². The molecule has 0 amide bonds. The number of rotatable bonds is 1. The molecule has 2 nitrogen and oxygen atoms in total. The summed E-state index contributed by atoms with van der Waals surface area (Å²) in [5.41, 5.74) is -4.33. The van der Waals surface area contributed by atoms with Crippen molar-refractivity contribution >= 4 is 10.8 Å². The summed E-state index contributed by atoms with van der Waals surface area (Å²) in [7, 11) is -3.17. The van der Waals surface area contributed by atoms with Crippen molar-refractivity contribution in [1.82, 2.24) is 0 Å². The molecule has 0 fully saturated rings. The van der Waals surface area contributed by atoms with Crippen LogP contribution in [-0.2, 0) is 10.8 Å². The molecule has 0 aliphatic rings. The van der Waals surface area contributed by atoms with Gasteiger partial charge in [-0.1, -0.05) is 6.07 Å². The maximum absolute atomic E-state index is 12.0. The van der Waals surface area contributed by atoms with Crippen molar-refractivity contribution in [3.05, 3.63) is 23.8 Å². The van der Waals surface area contributed by atoms with Gasteiger partial charge in [0.2, 0.25) is 0 Å². The predicted molar refractivity (Wildman–Crippen MR) is 45.3 cm³/mol. The molecule has 1 rings (SSSR count). The Balaban J connectivity index is 3.19. The first-order valence-corrected chi connectivity index (χ1v) is 4.75. The Hall–Kier alpha value is -1.04. The number of aromatic hydroxyl groups is 1. The molecule has 6 heteroatoms. The second-order valence-corrected chi connectivity index (χ2v) is 4.13. The van der Waals surface area contributed by atoms with E-state index < -0.39 is 27.0 Å². The SMILES string of the molecule is Cc1ccc(O)c(S(=O)C(F)(F)F)c1. The lowest BCUT2D eigenvalue weighted by Gasteiger charge is -2.08. The van der Waals surface area contributed by atoms with Gasteiger partial charge in [0, 0.05) is 0 Å². The molecule has 0 saturated heterocycles. The number of benzene rings is 1. The molecule has 0 saturated carbocycles. The summed E-state index contributed by atoms with van der Waals surface area (Å²) in [4.78, 5) is -0.600. The minimum absolute atomic E-state index is 0.510. The van der Waals surface area contributed by atoms with Gasteiger partial charge in [0.1, 0.15) is 5.75 Å². The lowest BCUT2D eigenvalue weighted by Crippen LogP contribution is -2.16. The van der Waals surface area contributed by atoms with Gasteiger partial charge in [0.05, 0.1) is 4.90 Å². The molecule has 0 radical (unpaired) electrons. The van der Waals surface area contributed by atoms with Gasteiger partial charge in [-0.2, -0.15) is 13.2 Å². The smallest absolute Gasteiger partial charge is 0.475 e. The third-order valence-corrected chi connectivity index (χ3v) is 2.67. The standard InChI is InChI=1S/C8H7F3O2S/c1-5-2-3-6(12)7(4-5)14(13)8(9,10)11/h2-4,12H,1H3. The summed E-state index contributed by atoms with van der Waals surface area (Å²) in [5, 5.41) is 9.08. The van der Waals surface area contributed by atoms with Crippen LogP contribution in [0, 0.1) is 6.92 Å². The minimum atomic E-state index is -4.84. The predicted octanol–water partition coefficient (Wildman–Crippen LogP) is 2.33. The van der Waals surface area contributed by atoms with E-state index in [1.165, 1.54) is 6.07 Å². The molecule has 1 unspecified atom stereocenters. The highest BCUT2D eigenvalue weighted by atomic mass is 32.2. The van der Waals surface area contributed by atoms with E-state index in [0.717, 1.165) is 12.1 Å². The van der Waals surface area contributed by atoms with Gasteiger partial charge in [-0.15, -0.1) is 0 Å². The Bertz CT molecular complexity index is 373. The van der Waals surface area contributed by atoms with Gasteiger partial charge in [-0.25, -0.2) is 4.21 Å². The Labute approximate surface area is 80.8 Å². The van der Waals surface area contributed by atoms with Crippen LogP contribution in [0.1, 0.15) is 5.56 Å². The Kier molecular flexibility index (Phi) is 2.84. The zero-order chi connectivity index (χ0) is 10.9. The summed E-state index contributed by atoms with van der Waals surface area (Å²) in [6.07, 6.45) is 0. The molecule has 0 aliphatic heterocycles. The Morgan fingerprint density at radius 3 is 2.43 bits per heavy atom. The largest absolute Gasteiger partial charge is 0.507 e. The zero-order valence-electron chi connectivity index (χ0n) is 7.13. The second kappa shape index (κ2) is 3.61. The normalized spacial score (nSPS) is 14.0. The Morgan fingerprint density at radius 1 is 1.36 bits per heavy atom. The summed E-state index contributed by atoms with van der Waals surface area (Å²) in [5.74, 6) is -0.605. The fourth-order valence-corrected chi connectivity index (χ4v) is 1.69. The van der Waals surface area contributed by atoms with Crippen LogP contribution in [0.4, 0.5) is 13.2 Å². The van der Waals surface area contributed by atoms with Crippen molar-refractivity contribution in [2.75, 3.05) is 0 Å². The van der Waals surface area contributed by atoms with Gasteiger partial charge >= 0.3 is 5.51 Å². The average Bonchev–Trinajstić information content (AvgIpc) is 2.06. The van der Waals surface area contributed by atoms with Gasteiger partial charge in [0.15, 0.2) is 10.8 Å². The van der Waals surface area contributed by atoms with Crippen LogP contribution >= 0.6 is 0 Å². The van der Waals surface area contributed by atoms with E-state index in [1.54, 1.807) is 6.92 Å². The molecule has 14 heavy (non-hydrogen) atoms. The summed E-state index contributed by atoms with van der Waals surface area (Å²) < 4.78 is 47.0. The summed E-state index contributed by atoms with van der Waals surface area (Å²) >= 11 is 0. The third kappa shape index (κ3) is 2.25. The molecule has 1 atom stereocenters. The highest BCUT2D eigenvalue weighted by Gasteiger charge is 2.39. The third-order valence-electron chi connectivity index (χ3n) is 1.53. The lowest BCUT2D eigenvalue weighted by atomic mass is 10.2. The highest BCUT2D eigenvalue weighted by Crippen LogP contribution is 2.31. The monoisotopic (exact) mass is 224 g/mol. The first-order valence-electron chi connectivity index (χ1n) is 3.60. The van der Waals surface area contributed by atoms with E-state index in [4.69, 9.17) is 5.11 Å². The summed E-state index contributed by atoms with van der Waals surface area (Å²) in [6, 6.07) is 3.58. The fourth-order valence-electron chi connectivity index (χ4n) is 0.895. The van der Waals surface area contributed by atoms with E-state index >= 15 is 0 Å². The number of phenolic OH excluding ortho intramolecular Hbond substituents is 1. The van der Waals surface area contributed by atoms with Crippen LogP contribution in [-0.4, -0.2) is 14.8 Å². The molecule has 1 aromatic carbocycles. The number of phenols is 1. The molecule has 0 aromatic heterocycles. The average molecular weight is 224 g/mol. The minimum Gasteiger partial charge on any atom is -0.507 e. The van der Waals surface area contributed by atoms with E-state index in [0.29, 0.717) is 5.56 Å². The van der Waals surface area contributed by atoms with Gasteiger partial charge in [-0.05, 0) is 24.6 Å². The maximum Gasteiger partial charge on any atom is 0.475 e. The fraction of sp³-hybridized carbons (Fsp3) is 0.250. The first-order chi connectivity index (χ1) is 6.32. The first kappa shape index (κ1) is 11.0. The van der Waals surface area contributed by atoms with Gasteiger partial charge < -0.3 is 5.11 Å². The molecular weight excluding hydrogens is 217 g/mol. The summed E-state index contributed by atoms with van der Waals surface area (Å²) in [6.45, 7) is 1.55. The molecule has 0 spiro atoms. The topological polar surface area (TPSA) is 37.3 Å². The number of hydrogen-bond donors (Lipinski definition) is 1. The van der Waals surface area contributed by atoms with Crippen molar-refractivity contribution < 1.29 is 22.5 Å². The van der Waals surface area contributed by atoms with Crippen molar-refractivity contribution in [2.45, 2.75) is 17.3 Å². The molecule has 0 bridgehead atoms. The number of hydrogen-bond acceptors (Lipinski definition) is 2. The number of alkyl halides is 3. The van der Waals surface area contributed by atoms with Crippen LogP contribution in [0.3, 0.4) is 0 Å². The quantitative estimate of drug-likeness (QED) is 0.794. The van der Waals surface area contributed by atoms with E-state index in [-0.39, 0.29) is 0 Å². The van der Waals surface area contributed by atoms with Crippen molar-refractivity contribution in [2.24, 2.45) is 0 Å². The molecule has 78 valence electrons. The zero-order valence-corrected chi connectivity index (χ0v) is 7.95. The highest BCUT2D eigenvalue weighted by molar-refractivity contribution is 7.86. The van der Waals surface area contributed by atoms with E-state index in [1.807, 2.05) is 0 Å². The van der Waals surface area contributed by atoms with Crippen LogP contribution in [0.15, 0.2) is 23.1 Å². The molecular formula is C8H7F3O2S. The van der Waals surface area contributed by atoms with Gasteiger partial charge in [-0.3, -0.25) is 0 Å².